The Hall–Kier alpha value is -1.20. The van der Waals surface area contributed by atoms with Gasteiger partial charge in [0.2, 0.25) is 0 Å². The van der Waals surface area contributed by atoms with Crippen LogP contribution in [0, 0.1) is 0 Å². The number of aromatic carboxylic acids is 1. The number of rotatable bonds is 2. The molecule has 0 radical (unpaired) electrons. The molecular weight excluding hydrogens is 202 g/mol. The minimum absolute atomic E-state index is 0.157. The van der Waals surface area contributed by atoms with Crippen LogP contribution < -0.4 is 5.14 Å². The number of benzene rings is 1. The molecule has 0 heterocycles. The molecule has 0 bridgehead atoms. The molecule has 4 nitrogen and oxygen atoms in total. The summed E-state index contributed by atoms with van der Waals surface area (Å²) in [5.74, 6) is -1.01. The molecule has 3 N–H and O–H groups in total. The third kappa shape index (κ3) is 3.68. The first-order chi connectivity index (χ1) is 6.61. The van der Waals surface area contributed by atoms with Crippen molar-refractivity contribution in [3.63, 3.8) is 0 Å². The Kier molecular flexibility index (Phi) is 5.74. The van der Waals surface area contributed by atoms with E-state index in [2.05, 4.69) is 0 Å². The van der Waals surface area contributed by atoms with Crippen LogP contribution in [0.15, 0.2) is 29.2 Å². The van der Waals surface area contributed by atoms with E-state index in [9.17, 15) is 9.00 Å². The molecule has 0 fully saturated rings. The topological polar surface area (TPSA) is 80.4 Å². The van der Waals surface area contributed by atoms with E-state index < -0.39 is 17.0 Å². The fourth-order valence-electron chi connectivity index (χ4n) is 0.732. The number of carbonyl (C=O) groups is 1. The number of hydrogen-bond donors (Lipinski definition) is 2. The lowest BCUT2D eigenvalue weighted by Crippen LogP contribution is -2.03. The summed E-state index contributed by atoms with van der Waals surface area (Å²) in [6.45, 7) is 4.00. The monoisotopic (exact) mass is 215 g/mol. The summed E-state index contributed by atoms with van der Waals surface area (Å²) in [4.78, 5) is 10.8. The van der Waals surface area contributed by atoms with Crippen molar-refractivity contribution in [1.82, 2.24) is 0 Å². The van der Waals surface area contributed by atoms with Crippen LogP contribution in [0.4, 0.5) is 0 Å². The van der Waals surface area contributed by atoms with Crippen molar-refractivity contribution in [3.05, 3.63) is 29.8 Å². The minimum Gasteiger partial charge on any atom is -0.478 e. The van der Waals surface area contributed by atoms with Crippen molar-refractivity contribution in [2.75, 3.05) is 0 Å². The lowest BCUT2D eigenvalue weighted by Gasteiger charge is -1.96. The molecule has 1 unspecified atom stereocenters. The van der Waals surface area contributed by atoms with Crippen LogP contribution in [0.2, 0.25) is 0 Å². The number of hydrogen-bond acceptors (Lipinski definition) is 2. The van der Waals surface area contributed by atoms with Crippen LogP contribution in [0.3, 0.4) is 0 Å². The molecule has 0 amide bonds. The fraction of sp³-hybridized carbons (Fsp3) is 0.222. The predicted molar refractivity (Wildman–Crippen MR) is 55.3 cm³/mol. The van der Waals surface area contributed by atoms with Gasteiger partial charge in [0.05, 0.1) is 10.5 Å². The van der Waals surface area contributed by atoms with Crippen molar-refractivity contribution < 1.29 is 14.1 Å². The Morgan fingerprint density at radius 1 is 1.29 bits per heavy atom. The van der Waals surface area contributed by atoms with E-state index in [0.717, 1.165) is 0 Å². The summed E-state index contributed by atoms with van der Waals surface area (Å²) in [7, 11) is -1.54. The van der Waals surface area contributed by atoms with Crippen LogP contribution in [0.5, 0.6) is 0 Å². The molecule has 0 aliphatic rings. The quantitative estimate of drug-likeness (QED) is 0.782. The molecule has 0 saturated carbocycles. The largest absolute Gasteiger partial charge is 0.478 e. The van der Waals surface area contributed by atoms with Gasteiger partial charge < -0.3 is 5.11 Å². The highest BCUT2D eigenvalue weighted by Gasteiger charge is 2.02. The molecule has 1 aromatic carbocycles. The lowest BCUT2D eigenvalue weighted by atomic mass is 10.2. The van der Waals surface area contributed by atoms with Gasteiger partial charge in [-0.05, 0) is 24.3 Å². The lowest BCUT2D eigenvalue weighted by molar-refractivity contribution is 0.0697. The van der Waals surface area contributed by atoms with Gasteiger partial charge in [-0.25, -0.2) is 14.1 Å². The van der Waals surface area contributed by atoms with Crippen LogP contribution in [-0.4, -0.2) is 15.3 Å². The van der Waals surface area contributed by atoms with E-state index >= 15 is 0 Å². The van der Waals surface area contributed by atoms with Gasteiger partial charge in [0.25, 0.3) is 0 Å². The number of carboxylic acids is 1. The number of carboxylic acid groups (broad SMARTS) is 1. The predicted octanol–water partition coefficient (Wildman–Crippen LogP) is 1.39. The van der Waals surface area contributed by atoms with Gasteiger partial charge in [0, 0.05) is 0 Å². The maximum Gasteiger partial charge on any atom is 0.335 e. The maximum absolute atomic E-state index is 10.7. The Morgan fingerprint density at radius 3 is 2.00 bits per heavy atom. The molecule has 1 aromatic rings. The van der Waals surface area contributed by atoms with E-state index in [1.165, 1.54) is 24.3 Å². The number of nitrogens with two attached hydrogens (primary N) is 1. The van der Waals surface area contributed by atoms with Gasteiger partial charge in [-0.1, -0.05) is 13.8 Å². The van der Waals surface area contributed by atoms with Gasteiger partial charge in [-0.3, -0.25) is 0 Å². The van der Waals surface area contributed by atoms with E-state index in [1.807, 2.05) is 13.8 Å². The zero-order chi connectivity index (χ0) is 11.1. The normalized spacial score (nSPS) is 11.1. The summed E-state index contributed by atoms with van der Waals surface area (Å²) in [6.07, 6.45) is 0. The molecule has 0 aliphatic carbocycles. The highest BCUT2D eigenvalue weighted by Crippen LogP contribution is 2.05. The summed E-state index contributed by atoms with van der Waals surface area (Å²) in [5, 5.41) is 13.6. The van der Waals surface area contributed by atoms with Crippen LogP contribution in [0.25, 0.3) is 0 Å². The second kappa shape index (κ2) is 6.28. The highest BCUT2D eigenvalue weighted by atomic mass is 32.2. The van der Waals surface area contributed by atoms with E-state index in [1.54, 1.807) is 0 Å². The van der Waals surface area contributed by atoms with Crippen molar-refractivity contribution >= 4 is 17.0 Å². The summed E-state index contributed by atoms with van der Waals surface area (Å²) >= 11 is 0. The van der Waals surface area contributed by atoms with E-state index in [4.69, 9.17) is 10.2 Å². The van der Waals surface area contributed by atoms with E-state index in [0.29, 0.717) is 4.90 Å². The summed E-state index contributed by atoms with van der Waals surface area (Å²) in [6, 6.07) is 5.59. The van der Waals surface area contributed by atoms with Gasteiger partial charge in [0.1, 0.15) is 11.0 Å². The standard InChI is InChI=1S/C7H7NO3S.C2H6/c8-12(11)6-3-1-5(2-4-6)7(9)10;1-2/h1-4H,8H2,(H,9,10);1-2H3. The fourth-order valence-corrected chi connectivity index (χ4v) is 1.14. The molecular formula is C9H13NO3S. The third-order valence-corrected chi connectivity index (χ3v) is 2.07. The summed E-state index contributed by atoms with van der Waals surface area (Å²) < 4.78 is 10.7. The van der Waals surface area contributed by atoms with Crippen molar-refractivity contribution in [3.8, 4) is 0 Å². The highest BCUT2D eigenvalue weighted by molar-refractivity contribution is 7.82. The minimum atomic E-state index is -1.54. The Labute approximate surface area is 85.3 Å². The van der Waals surface area contributed by atoms with Crippen molar-refractivity contribution in [2.45, 2.75) is 18.7 Å². The van der Waals surface area contributed by atoms with Crippen molar-refractivity contribution in [2.24, 2.45) is 5.14 Å². The second-order valence-electron chi connectivity index (χ2n) is 2.13. The Bertz CT molecular complexity index is 288. The first-order valence-corrected chi connectivity index (χ1v) is 5.32. The third-order valence-electron chi connectivity index (χ3n) is 1.33. The Morgan fingerprint density at radius 2 is 1.71 bits per heavy atom. The summed E-state index contributed by atoms with van der Waals surface area (Å²) in [5.41, 5.74) is 0.157. The zero-order valence-corrected chi connectivity index (χ0v) is 8.88. The SMILES string of the molecule is CC.NS(=O)c1ccc(C(=O)O)cc1. The molecule has 0 saturated heterocycles. The average molecular weight is 215 g/mol. The second-order valence-corrected chi connectivity index (χ2v) is 3.19. The molecule has 0 aliphatic heterocycles. The van der Waals surface area contributed by atoms with E-state index in [-0.39, 0.29) is 5.56 Å². The molecule has 0 aromatic heterocycles. The van der Waals surface area contributed by atoms with Crippen LogP contribution in [0.1, 0.15) is 24.2 Å². The molecule has 0 spiro atoms. The molecule has 14 heavy (non-hydrogen) atoms. The first-order valence-electron chi connectivity index (χ1n) is 4.11. The van der Waals surface area contributed by atoms with Gasteiger partial charge >= 0.3 is 5.97 Å². The maximum atomic E-state index is 10.7. The molecule has 1 atom stereocenters. The smallest absolute Gasteiger partial charge is 0.335 e. The molecule has 78 valence electrons. The van der Waals surface area contributed by atoms with Gasteiger partial charge in [0.15, 0.2) is 0 Å². The zero-order valence-electron chi connectivity index (χ0n) is 8.06. The molecule has 5 heteroatoms. The first kappa shape index (κ1) is 12.8. The van der Waals surface area contributed by atoms with Gasteiger partial charge in [-0.2, -0.15) is 0 Å². The van der Waals surface area contributed by atoms with Crippen molar-refractivity contribution in [1.29, 1.82) is 0 Å². The molecule has 1 rings (SSSR count). The van der Waals surface area contributed by atoms with Gasteiger partial charge in [-0.15, -0.1) is 0 Å². The average Bonchev–Trinajstić information content (AvgIpc) is 2.21. The Balaban J connectivity index is 0.000000791. The van der Waals surface area contributed by atoms with Crippen LogP contribution >= 0.6 is 0 Å². The van der Waals surface area contributed by atoms with Crippen LogP contribution in [-0.2, 0) is 11.0 Å².